The van der Waals surface area contributed by atoms with Crippen LogP contribution in [0.3, 0.4) is 0 Å². The molecule has 2 fully saturated rings. The summed E-state index contributed by atoms with van der Waals surface area (Å²) in [6.45, 7) is 4.58. The van der Waals surface area contributed by atoms with Crippen LogP contribution in [0.2, 0.25) is 0 Å². The van der Waals surface area contributed by atoms with Crippen LogP contribution in [0.4, 0.5) is 0 Å². The minimum absolute atomic E-state index is 0.106. The summed E-state index contributed by atoms with van der Waals surface area (Å²) in [5.74, 6) is -0.0456. The molecule has 2 aliphatic carbocycles. The first-order valence-electron chi connectivity index (χ1n) is 8.64. The molecule has 0 saturated heterocycles. The van der Waals surface area contributed by atoms with Crippen LogP contribution in [0.1, 0.15) is 52.4 Å². The maximum Gasteiger partial charge on any atom is 0.330 e. The Morgan fingerprint density at radius 1 is 1.16 bits per heavy atom. The lowest BCUT2D eigenvalue weighted by molar-refractivity contribution is 0.0131. The summed E-state index contributed by atoms with van der Waals surface area (Å²) in [4.78, 5) is 17.9. The van der Waals surface area contributed by atoms with E-state index in [9.17, 15) is 13.0 Å². The summed E-state index contributed by atoms with van der Waals surface area (Å²) in [6.07, 6.45) is 5.56. The molecule has 10 heteroatoms. The van der Waals surface area contributed by atoms with Gasteiger partial charge in [-0.15, -0.1) is 0 Å². The summed E-state index contributed by atoms with van der Waals surface area (Å²) in [5, 5.41) is 0. The molecule has 2 saturated carbocycles. The predicted molar refractivity (Wildman–Crippen MR) is 97.8 cm³/mol. The van der Waals surface area contributed by atoms with E-state index in [2.05, 4.69) is 13.8 Å². The Balaban J connectivity index is 0.000000251. The second-order valence-electron chi connectivity index (χ2n) is 8.38. The van der Waals surface area contributed by atoms with Gasteiger partial charge in [-0.1, -0.05) is 26.7 Å². The second-order valence-corrected chi connectivity index (χ2v) is 11.7. The molecule has 0 radical (unpaired) electrons. The monoisotopic (exact) mass is 400 g/mol. The largest absolute Gasteiger partial charge is 0.330 e. The highest BCUT2D eigenvalue weighted by Crippen LogP contribution is 2.54. The van der Waals surface area contributed by atoms with E-state index in [1.807, 2.05) is 0 Å². The van der Waals surface area contributed by atoms with Gasteiger partial charge in [0, 0.05) is 6.54 Å². The second kappa shape index (κ2) is 8.33. The number of hydrogen-bond donors (Lipinski definition) is 5. The van der Waals surface area contributed by atoms with Crippen molar-refractivity contribution in [2.24, 2.45) is 28.2 Å². The van der Waals surface area contributed by atoms with Gasteiger partial charge in [0.25, 0.3) is 10.1 Å². The fraction of sp³-hybridized carbons (Fsp3) is 1.00. The minimum atomic E-state index is -3.95. The predicted octanol–water partition coefficient (Wildman–Crippen LogP) is 1.32. The zero-order chi connectivity index (χ0) is 19.5. The smallest absolute Gasteiger partial charge is 0.330 e. The molecule has 0 aromatic carbocycles. The van der Waals surface area contributed by atoms with Gasteiger partial charge in [0.05, 0.1) is 11.4 Å². The molecule has 0 spiro atoms. The Hall–Kier alpha value is -0.0200. The van der Waals surface area contributed by atoms with Crippen molar-refractivity contribution >= 4 is 17.7 Å². The molecule has 0 aliphatic heterocycles. The molecule has 0 heterocycles. The van der Waals surface area contributed by atoms with Crippen molar-refractivity contribution in [2.45, 2.75) is 58.0 Å². The van der Waals surface area contributed by atoms with Gasteiger partial charge in [0.2, 0.25) is 0 Å². The quantitative estimate of drug-likeness (QED) is 0.329. The average molecular weight is 400 g/mol. The van der Waals surface area contributed by atoms with Gasteiger partial charge < -0.3 is 21.3 Å². The molecule has 0 aromatic rings. The van der Waals surface area contributed by atoms with E-state index in [4.69, 9.17) is 25.8 Å². The third kappa shape index (κ3) is 7.25. The number of hydrogen-bond acceptors (Lipinski definition) is 5. The Bertz CT molecular complexity index is 575. The topological polar surface area (TPSA) is 164 Å². The van der Waals surface area contributed by atoms with Crippen molar-refractivity contribution in [2.75, 3.05) is 18.8 Å². The Morgan fingerprint density at radius 2 is 1.64 bits per heavy atom. The van der Waals surface area contributed by atoms with Crippen molar-refractivity contribution in [3.05, 3.63) is 0 Å². The van der Waals surface area contributed by atoms with Crippen LogP contribution in [0.25, 0.3) is 0 Å². The van der Waals surface area contributed by atoms with E-state index >= 15 is 0 Å². The van der Waals surface area contributed by atoms with Crippen LogP contribution in [-0.2, 0) is 14.7 Å². The lowest BCUT2D eigenvalue weighted by Gasteiger charge is -2.52. The van der Waals surface area contributed by atoms with Gasteiger partial charge >= 0.3 is 7.60 Å². The van der Waals surface area contributed by atoms with Crippen LogP contribution in [-0.4, -0.2) is 47.3 Å². The Kier molecular flexibility index (Phi) is 7.67. The Labute approximate surface area is 150 Å². The van der Waals surface area contributed by atoms with Crippen LogP contribution < -0.4 is 11.5 Å². The van der Waals surface area contributed by atoms with Crippen molar-refractivity contribution in [3.63, 3.8) is 0 Å². The highest BCUT2D eigenvalue weighted by atomic mass is 32.2. The lowest BCUT2D eigenvalue weighted by Crippen LogP contribution is -2.51. The molecule has 2 aliphatic rings. The van der Waals surface area contributed by atoms with Gasteiger partial charge in [0.15, 0.2) is 0 Å². The standard InChI is InChI=1S/C8H17NO3S.C7H16NO3P/c1-7(2)3-8(4-7,5-9)6-13(10,11)12;8-5-7(12(9,10)11)6-3-1-2-4-6/h3-6,9H2,1-2H3,(H,10,11,12);6-7H,1-5,8H2,(H2,9,10,11). The molecule has 150 valence electrons. The molecule has 25 heavy (non-hydrogen) atoms. The van der Waals surface area contributed by atoms with E-state index < -0.39 is 23.4 Å². The van der Waals surface area contributed by atoms with Gasteiger partial charge in [-0.3, -0.25) is 9.12 Å². The zero-order valence-corrected chi connectivity index (χ0v) is 16.8. The highest BCUT2D eigenvalue weighted by molar-refractivity contribution is 7.85. The Morgan fingerprint density at radius 3 is 1.92 bits per heavy atom. The first kappa shape index (κ1) is 23.0. The van der Waals surface area contributed by atoms with E-state index in [0.29, 0.717) is 6.54 Å². The SMILES string of the molecule is CC1(C)CC(CN)(CS(=O)(=O)O)C1.NCC(C1CCCC1)P(=O)(O)O. The molecule has 1 unspecified atom stereocenters. The third-order valence-corrected chi connectivity index (χ3v) is 7.72. The van der Waals surface area contributed by atoms with E-state index in [1.165, 1.54) is 0 Å². The maximum atomic E-state index is 11.0. The fourth-order valence-electron chi connectivity index (χ4n) is 4.62. The van der Waals surface area contributed by atoms with Gasteiger partial charge in [0.1, 0.15) is 0 Å². The summed E-state index contributed by atoms with van der Waals surface area (Å²) in [7, 11) is -7.83. The summed E-state index contributed by atoms with van der Waals surface area (Å²) in [5.41, 5.74) is 10.1. The van der Waals surface area contributed by atoms with E-state index in [0.717, 1.165) is 38.5 Å². The molecule has 8 nitrogen and oxygen atoms in total. The normalized spacial score (nSPS) is 24.1. The van der Waals surface area contributed by atoms with E-state index in [-0.39, 0.29) is 29.0 Å². The van der Waals surface area contributed by atoms with Gasteiger partial charge in [-0.25, -0.2) is 0 Å². The molecule has 0 bridgehead atoms. The first-order valence-corrected chi connectivity index (χ1v) is 11.9. The van der Waals surface area contributed by atoms with Crippen LogP contribution in [0.15, 0.2) is 0 Å². The average Bonchev–Trinajstić information content (AvgIpc) is 2.87. The van der Waals surface area contributed by atoms with Crippen molar-refractivity contribution in [1.29, 1.82) is 0 Å². The van der Waals surface area contributed by atoms with E-state index in [1.54, 1.807) is 0 Å². The number of nitrogens with two attached hydrogens (primary N) is 2. The number of rotatable bonds is 6. The van der Waals surface area contributed by atoms with Crippen LogP contribution in [0.5, 0.6) is 0 Å². The summed E-state index contributed by atoms with van der Waals surface area (Å²) in [6, 6.07) is 0. The fourth-order valence-corrected chi connectivity index (χ4v) is 6.84. The maximum absolute atomic E-state index is 11.0. The molecule has 1 atom stereocenters. The molecular weight excluding hydrogens is 367 g/mol. The summed E-state index contributed by atoms with van der Waals surface area (Å²) < 4.78 is 41.1. The lowest BCUT2D eigenvalue weighted by atomic mass is 9.55. The summed E-state index contributed by atoms with van der Waals surface area (Å²) >= 11 is 0. The van der Waals surface area contributed by atoms with Crippen molar-refractivity contribution < 1.29 is 27.3 Å². The van der Waals surface area contributed by atoms with Gasteiger partial charge in [-0.2, -0.15) is 8.42 Å². The molecular formula is C15H33N2O6PS. The van der Waals surface area contributed by atoms with Crippen LogP contribution >= 0.6 is 7.60 Å². The first-order chi connectivity index (χ1) is 11.2. The van der Waals surface area contributed by atoms with Crippen LogP contribution in [0, 0.1) is 16.7 Å². The molecule has 7 N–H and O–H groups in total. The van der Waals surface area contributed by atoms with Gasteiger partial charge in [-0.05, 0) is 49.0 Å². The molecule has 0 amide bonds. The van der Waals surface area contributed by atoms with Crippen molar-refractivity contribution in [1.82, 2.24) is 0 Å². The third-order valence-electron chi connectivity index (χ3n) is 5.25. The molecule has 2 rings (SSSR count). The minimum Gasteiger partial charge on any atom is -0.330 e. The highest BCUT2D eigenvalue weighted by Gasteiger charge is 2.50. The zero-order valence-electron chi connectivity index (χ0n) is 15.1. The van der Waals surface area contributed by atoms with Crippen molar-refractivity contribution in [3.8, 4) is 0 Å². The molecule has 0 aromatic heterocycles.